The highest BCUT2D eigenvalue weighted by molar-refractivity contribution is 7.15. The molecule has 2 aromatic rings. The number of anilines is 1. The van der Waals surface area contributed by atoms with Gasteiger partial charge in [-0.05, 0) is 12.1 Å². The monoisotopic (exact) mass is 326 g/mol. The first-order valence-electron chi connectivity index (χ1n) is 6.51. The third-order valence-corrected chi connectivity index (χ3v) is 4.12. The maximum Gasteiger partial charge on any atom is 0.183 e. The lowest BCUT2D eigenvalue weighted by Gasteiger charge is -2.26. The Bertz CT molecular complexity index is 620. The molecule has 1 unspecified atom stereocenters. The van der Waals surface area contributed by atoms with Crippen LogP contribution in [0.1, 0.15) is 4.88 Å². The van der Waals surface area contributed by atoms with Crippen molar-refractivity contribution in [2.45, 2.75) is 12.6 Å². The van der Waals surface area contributed by atoms with Gasteiger partial charge in [-0.25, -0.2) is 4.98 Å². The summed E-state index contributed by atoms with van der Waals surface area (Å²) in [7, 11) is 1.65. The Morgan fingerprint density at radius 1 is 1.48 bits per heavy atom. The molecule has 1 atom stereocenters. The Kier molecular flexibility index (Phi) is 4.48. The van der Waals surface area contributed by atoms with Crippen LogP contribution >= 0.6 is 22.9 Å². The fourth-order valence-electron chi connectivity index (χ4n) is 2.05. The van der Waals surface area contributed by atoms with E-state index in [0.717, 1.165) is 22.1 Å². The van der Waals surface area contributed by atoms with E-state index < -0.39 is 0 Å². The number of methoxy groups -OCH3 is 1. The van der Waals surface area contributed by atoms with Crippen LogP contribution in [0.25, 0.3) is 0 Å². The number of hydrogen-bond donors (Lipinski definition) is 1. The van der Waals surface area contributed by atoms with E-state index in [-0.39, 0.29) is 6.10 Å². The molecule has 112 valence electrons. The first-order valence-corrected chi connectivity index (χ1v) is 7.70. The standard InChI is InChI=1S/C14H15ClN2O3S/c1-18-7-10-8-19-12-3-2-9(4-13(12)20-10)16-5-11-6-17-14(15)21-11/h2-4,6,10,16H,5,7-8H2,1H3. The van der Waals surface area contributed by atoms with E-state index in [1.165, 1.54) is 11.3 Å². The minimum atomic E-state index is -0.0712. The van der Waals surface area contributed by atoms with Crippen LogP contribution in [0.5, 0.6) is 11.5 Å². The van der Waals surface area contributed by atoms with Gasteiger partial charge in [-0.15, -0.1) is 11.3 Å². The molecule has 5 nitrogen and oxygen atoms in total. The van der Waals surface area contributed by atoms with Crippen molar-refractivity contribution in [3.05, 3.63) is 33.7 Å². The van der Waals surface area contributed by atoms with Crippen molar-refractivity contribution in [2.75, 3.05) is 25.6 Å². The van der Waals surface area contributed by atoms with Crippen molar-refractivity contribution in [1.82, 2.24) is 4.98 Å². The Hall–Kier alpha value is -1.50. The maximum absolute atomic E-state index is 5.85. The second-order valence-electron chi connectivity index (χ2n) is 4.60. The molecule has 0 spiro atoms. The number of hydrogen-bond acceptors (Lipinski definition) is 6. The zero-order chi connectivity index (χ0) is 14.7. The van der Waals surface area contributed by atoms with Crippen molar-refractivity contribution < 1.29 is 14.2 Å². The van der Waals surface area contributed by atoms with Gasteiger partial charge in [-0.3, -0.25) is 0 Å². The van der Waals surface area contributed by atoms with Gasteiger partial charge in [0.15, 0.2) is 22.1 Å². The topological polar surface area (TPSA) is 52.6 Å². The first kappa shape index (κ1) is 14.4. The first-order chi connectivity index (χ1) is 10.2. The molecule has 0 radical (unpaired) electrons. The Morgan fingerprint density at radius 2 is 2.38 bits per heavy atom. The van der Waals surface area contributed by atoms with Crippen LogP contribution in [-0.2, 0) is 11.3 Å². The second kappa shape index (κ2) is 6.51. The van der Waals surface area contributed by atoms with Gasteiger partial charge in [0.2, 0.25) is 0 Å². The summed E-state index contributed by atoms with van der Waals surface area (Å²) in [4.78, 5) is 5.09. The highest BCUT2D eigenvalue weighted by Crippen LogP contribution is 2.34. The number of thiazole rings is 1. The lowest BCUT2D eigenvalue weighted by molar-refractivity contribution is 0.0273. The van der Waals surface area contributed by atoms with Crippen LogP contribution in [-0.4, -0.2) is 31.4 Å². The summed E-state index contributed by atoms with van der Waals surface area (Å²) < 4.78 is 17.1. The van der Waals surface area contributed by atoms with E-state index in [2.05, 4.69) is 10.3 Å². The van der Waals surface area contributed by atoms with Crippen molar-refractivity contribution >= 4 is 28.6 Å². The van der Waals surface area contributed by atoms with Gasteiger partial charge >= 0.3 is 0 Å². The molecule has 0 bridgehead atoms. The molecule has 7 heteroatoms. The van der Waals surface area contributed by atoms with E-state index in [4.69, 9.17) is 25.8 Å². The van der Waals surface area contributed by atoms with Gasteiger partial charge in [-0.2, -0.15) is 0 Å². The van der Waals surface area contributed by atoms with Crippen LogP contribution in [0.15, 0.2) is 24.4 Å². The maximum atomic E-state index is 5.85. The van der Waals surface area contributed by atoms with Gasteiger partial charge in [-0.1, -0.05) is 11.6 Å². The molecule has 0 saturated heterocycles. The zero-order valence-corrected chi connectivity index (χ0v) is 13.0. The minimum absolute atomic E-state index is 0.0712. The Morgan fingerprint density at radius 3 is 3.14 bits per heavy atom. The molecule has 3 rings (SSSR count). The Balaban J connectivity index is 1.66. The molecule has 1 aliphatic heterocycles. The molecule has 21 heavy (non-hydrogen) atoms. The van der Waals surface area contributed by atoms with Crippen molar-refractivity contribution in [3.8, 4) is 11.5 Å². The highest BCUT2D eigenvalue weighted by atomic mass is 35.5. The predicted molar refractivity (Wildman–Crippen MR) is 82.7 cm³/mol. The summed E-state index contributed by atoms with van der Waals surface area (Å²) in [5, 5.41) is 3.32. The number of nitrogens with zero attached hydrogens (tertiary/aromatic N) is 1. The third-order valence-electron chi connectivity index (χ3n) is 3.01. The van der Waals surface area contributed by atoms with Gasteiger partial charge in [0, 0.05) is 29.9 Å². The summed E-state index contributed by atoms with van der Waals surface area (Å²) in [6.07, 6.45) is 1.70. The van der Waals surface area contributed by atoms with E-state index in [9.17, 15) is 0 Å². The number of nitrogens with one attached hydrogen (secondary N) is 1. The van der Waals surface area contributed by atoms with E-state index in [1.807, 2.05) is 18.2 Å². The molecule has 0 fully saturated rings. The second-order valence-corrected chi connectivity index (χ2v) is 6.30. The molecule has 1 N–H and O–H groups in total. The van der Waals surface area contributed by atoms with Crippen molar-refractivity contribution in [3.63, 3.8) is 0 Å². The lowest BCUT2D eigenvalue weighted by atomic mass is 10.2. The zero-order valence-electron chi connectivity index (χ0n) is 11.5. The molecule has 0 aliphatic carbocycles. The number of ether oxygens (including phenoxy) is 3. The average Bonchev–Trinajstić information content (AvgIpc) is 2.91. The van der Waals surface area contributed by atoms with Crippen molar-refractivity contribution in [2.24, 2.45) is 0 Å². The summed E-state index contributed by atoms with van der Waals surface area (Å²) in [5.74, 6) is 1.49. The number of fused-ring (bicyclic) bond motifs is 1. The summed E-state index contributed by atoms with van der Waals surface area (Å²) in [6, 6.07) is 5.79. The third kappa shape index (κ3) is 3.58. The van der Waals surface area contributed by atoms with E-state index in [0.29, 0.717) is 24.2 Å². The van der Waals surface area contributed by atoms with Crippen LogP contribution in [0.3, 0.4) is 0 Å². The largest absolute Gasteiger partial charge is 0.486 e. The van der Waals surface area contributed by atoms with Crippen molar-refractivity contribution in [1.29, 1.82) is 0 Å². The minimum Gasteiger partial charge on any atom is -0.486 e. The smallest absolute Gasteiger partial charge is 0.183 e. The highest BCUT2D eigenvalue weighted by Gasteiger charge is 2.21. The van der Waals surface area contributed by atoms with E-state index in [1.54, 1.807) is 13.3 Å². The molecule has 2 heterocycles. The van der Waals surface area contributed by atoms with Crippen LogP contribution in [0.2, 0.25) is 4.47 Å². The van der Waals surface area contributed by atoms with Gasteiger partial charge in [0.1, 0.15) is 6.61 Å². The SMILES string of the molecule is COCC1COc2ccc(NCc3cnc(Cl)s3)cc2O1. The summed E-state index contributed by atoms with van der Waals surface area (Å²) in [5.41, 5.74) is 0.958. The summed E-state index contributed by atoms with van der Waals surface area (Å²) >= 11 is 7.28. The fraction of sp³-hybridized carbons (Fsp3) is 0.357. The fourth-order valence-corrected chi connectivity index (χ4v) is 2.97. The number of aromatic nitrogens is 1. The summed E-state index contributed by atoms with van der Waals surface area (Å²) in [6.45, 7) is 1.69. The van der Waals surface area contributed by atoms with Crippen LogP contribution < -0.4 is 14.8 Å². The normalized spacial score (nSPS) is 16.8. The quantitative estimate of drug-likeness (QED) is 0.914. The van der Waals surface area contributed by atoms with Crippen LogP contribution in [0, 0.1) is 0 Å². The molecular formula is C14H15ClN2O3S. The lowest BCUT2D eigenvalue weighted by Crippen LogP contribution is -2.32. The van der Waals surface area contributed by atoms with Gasteiger partial charge in [0.05, 0.1) is 13.2 Å². The molecule has 1 aromatic heterocycles. The van der Waals surface area contributed by atoms with Crippen LogP contribution in [0.4, 0.5) is 5.69 Å². The average molecular weight is 327 g/mol. The molecule has 1 aliphatic rings. The molecular weight excluding hydrogens is 312 g/mol. The Labute approximate surface area is 131 Å². The number of halogens is 1. The van der Waals surface area contributed by atoms with Gasteiger partial charge in [0.25, 0.3) is 0 Å². The number of rotatable bonds is 5. The van der Waals surface area contributed by atoms with E-state index >= 15 is 0 Å². The number of benzene rings is 1. The van der Waals surface area contributed by atoms with Gasteiger partial charge < -0.3 is 19.5 Å². The molecule has 0 amide bonds. The molecule has 1 aromatic carbocycles. The predicted octanol–water partition coefficient (Wildman–Crippen LogP) is 3.19. The molecule has 0 saturated carbocycles.